The maximum Gasteiger partial charge on any atom is 0.119 e. The summed E-state index contributed by atoms with van der Waals surface area (Å²) in [4.78, 5) is 0. The topological polar surface area (TPSA) is 9.23 Å². The largest absolute Gasteiger partial charge is 0.497 e. The molecule has 1 aliphatic rings. The average Bonchev–Trinajstić information content (AvgIpc) is 2.03. The van der Waals surface area contributed by atoms with Gasteiger partial charge in [-0.2, -0.15) is 0 Å². The number of methoxy groups -OCH3 is 1. The van der Waals surface area contributed by atoms with Crippen molar-refractivity contribution < 1.29 is 4.74 Å². The molecule has 1 aromatic carbocycles. The van der Waals surface area contributed by atoms with Gasteiger partial charge < -0.3 is 4.74 Å². The zero-order valence-corrected chi connectivity index (χ0v) is 6.92. The predicted octanol–water partition coefficient (Wildman–Crippen LogP) is 2.35. The van der Waals surface area contributed by atoms with Crippen molar-refractivity contribution in [2.45, 2.75) is 19.3 Å². The van der Waals surface area contributed by atoms with Crippen molar-refractivity contribution in [1.29, 1.82) is 0 Å². The maximum absolute atomic E-state index is 5.13. The number of rotatable bonds is 1. The maximum atomic E-state index is 5.13. The van der Waals surface area contributed by atoms with E-state index in [4.69, 9.17) is 4.74 Å². The van der Waals surface area contributed by atoms with Crippen molar-refractivity contribution in [2.24, 2.45) is 0 Å². The van der Waals surface area contributed by atoms with Gasteiger partial charge in [0.15, 0.2) is 0 Å². The molecule has 1 nitrogen and oxygen atoms in total. The molecule has 0 spiro atoms. The second-order valence-corrected chi connectivity index (χ2v) is 3.17. The Kier molecular flexibility index (Phi) is 1.38. The van der Waals surface area contributed by atoms with E-state index in [9.17, 15) is 0 Å². The van der Waals surface area contributed by atoms with Gasteiger partial charge in [-0.3, -0.25) is 0 Å². The van der Waals surface area contributed by atoms with Crippen molar-refractivity contribution in [3.63, 3.8) is 0 Å². The molecule has 0 amide bonds. The van der Waals surface area contributed by atoms with Crippen molar-refractivity contribution in [1.82, 2.24) is 0 Å². The van der Waals surface area contributed by atoms with Crippen LogP contribution in [0.2, 0.25) is 0 Å². The Labute approximate surface area is 67.0 Å². The molecule has 0 saturated heterocycles. The van der Waals surface area contributed by atoms with E-state index in [-0.39, 0.29) is 0 Å². The summed E-state index contributed by atoms with van der Waals surface area (Å²) in [5.41, 5.74) is 2.95. The highest BCUT2D eigenvalue weighted by Gasteiger charge is 2.21. The Morgan fingerprint density at radius 3 is 2.91 bits per heavy atom. The van der Waals surface area contributed by atoms with Crippen LogP contribution in [0.5, 0.6) is 5.75 Å². The minimum Gasteiger partial charge on any atom is -0.497 e. The Morgan fingerprint density at radius 1 is 1.45 bits per heavy atom. The molecule has 0 fully saturated rings. The summed E-state index contributed by atoms with van der Waals surface area (Å²) >= 11 is 0. The second kappa shape index (κ2) is 2.26. The van der Waals surface area contributed by atoms with E-state index >= 15 is 0 Å². The second-order valence-electron chi connectivity index (χ2n) is 3.17. The van der Waals surface area contributed by atoms with Gasteiger partial charge in [0.2, 0.25) is 0 Å². The molecule has 0 aliphatic heterocycles. The minimum atomic E-state index is 0.736. The van der Waals surface area contributed by atoms with E-state index in [1.165, 1.54) is 17.5 Å². The van der Waals surface area contributed by atoms with Crippen LogP contribution < -0.4 is 4.74 Å². The van der Waals surface area contributed by atoms with E-state index in [0.717, 1.165) is 11.7 Å². The fraction of sp³-hybridized carbons (Fsp3) is 0.400. The average molecular weight is 148 g/mol. The highest BCUT2D eigenvalue weighted by atomic mass is 16.5. The van der Waals surface area contributed by atoms with Crippen molar-refractivity contribution >= 4 is 0 Å². The number of fused-ring (bicyclic) bond motifs is 1. The van der Waals surface area contributed by atoms with Gasteiger partial charge in [0.25, 0.3) is 0 Å². The van der Waals surface area contributed by atoms with Crippen LogP contribution in [0, 0.1) is 0 Å². The number of ether oxygens (including phenoxy) is 1. The highest BCUT2D eigenvalue weighted by Crippen LogP contribution is 2.36. The fourth-order valence-corrected chi connectivity index (χ4v) is 1.65. The predicted molar refractivity (Wildman–Crippen MR) is 45.1 cm³/mol. The molecule has 0 bridgehead atoms. The summed E-state index contributed by atoms with van der Waals surface area (Å²) < 4.78 is 5.13. The highest BCUT2D eigenvalue weighted by molar-refractivity contribution is 5.44. The van der Waals surface area contributed by atoms with Crippen LogP contribution in [-0.4, -0.2) is 7.11 Å². The Bertz CT molecular complexity index is 278. The molecule has 1 aliphatic carbocycles. The van der Waals surface area contributed by atoms with Crippen LogP contribution in [0.4, 0.5) is 0 Å². The van der Waals surface area contributed by atoms with Crippen molar-refractivity contribution in [3.8, 4) is 5.75 Å². The lowest BCUT2D eigenvalue weighted by molar-refractivity contribution is 0.412. The molecule has 2 rings (SSSR count). The summed E-state index contributed by atoms with van der Waals surface area (Å²) in [6.45, 7) is 2.25. The lowest BCUT2D eigenvalue weighted by Crippen LogP contribution is -2.13. The lowest BCUT2D eigenvalue weighted by atomic mass is 9.79. The summed E-state index contributed by atoms with van der Waals surface area (Å²) in [6.07, 6.45) is 1.24. The zero-order valence-electron chi connectivity index (χ0n) is 6.92. The van der Waals surface area contributed by atoms with Crippen LogP contribution in [0.25, 0.3) is 0 Å². The Morgan fingerprint density at radius 2 is 2.27 bits per heavy atom. The van der Waals surface area contributed by atoms with Gasteiger partial charge in [0.1, 0.15) is 5.75 Å². The molecule has 0 radical (unpaired) electrons. The van der Waals surface area contributed by atoms with Crippen LogP contribution >= 0.6 is 0 Å². The first-order chi connectivity index (χ1) is 5.31. The van der Waals surface area contributed by atoms with Gasteiger partial charge >= 0.3 is 0 Å². The van der Waals surface area contributed by atoms with E-state index in [0.29, 0.717) is 0 Å². The lowest BCUT2D eigenvalue weighted by Gasteiger charge is -2.26. The van der Waals surface area contributed by atoms with Gasteiger partial charge in [-0.25, -0.2) is 0 Å². The van der Waals surface area contributed by atoms with Crippen LogP contribution in [0.15, 0.2) is 18.2 Å². The quantitative estimate of drug-likeness (QED) is 0.594. The molecule has 1 aromatic rings. The summed E-state index contributed by atoms with van der Waals surface area (Å²) in [5.74, 6) is 1.72. The number of hydrogen-bond donors (Lipinski definition) is 0. The van der Waals surface area contributed by atoms with Gasteiger partial charge in [-0.1, -0.05) is 13.0 Å². The zero-order chi connectivity index (χ0) is 7.84. The molecule has 1 atom stereocenters. The normalized spacial score (nSPS) is 20.4. The van der Waals surface area contributed by atoms with E-state index in [1.807, 2.05) is 6.07 Å². The summed E-state index contributed by atoms with van der Waals surface area (Å²) in [6, 6.07) is 6.34. The number of hydrogen-bond acceptors (Lipinski definition) is 1. The molecule has 0 N–H and O–H groups in total. The third-order valence-electron chi connectivity index (χ3n) is 2.41. The first kappa shape index (κ1) is 6.71. The molecule has 1 unspecified atom stereocenters. The molecular weight excluding hydrogens is 136 g/mol. The van der Waals surface area contributed by atoms with Gasteiger partial charge in [0, 0.05) is 0 Å². The molecule has 11 heavy (non-hydrogen) atoms. The van der Waals surface area contributed by atoms with E-state index in [2.05, 4.69) is 19.1 Å². The summed E-state index contributed by atoms with van der Waals surface area (Å²) in [5, 5.41) is 0. The summed E-state index contributed by atoms with van der Waals surface area (Å²) in [7, 11) is 1.71. The standard InChI is InChI=1S/C10H12O/c1-7-5-8-3-4-9(11-2)6-10(7)8/h3-4,6-7H,5H2,1-2H3. The van der Waals surface area contributed by atoms with E-state index in [1.54, 1.807) is 7.11 Å². The van der Waals surface area contributed by atoms with Gasteiger partial charge in [0.05, 0.1) is 7.11 Å². The number of benzene rings is 1. The monoisotopic (exact) mass is 148 g/mol. The van der Waals surface area contributed by atoms with E-state index < -0.39 is 0 Å². The molecule has 1 heteroatoms. The minimum absolute atomic E-state index is 0.736. The Hall–Kier alpha value is -0.980. The first-order valence-corrected chi connectivity index (χ1v) is 3.98. The SMILES string of the molecule is COc1ccc2c(c1)C(C)C2. The fourth-order valence-electron chi connectivity index (χ4n) is 1.65. The van der Waals surface area contributed by atoms with Crippen LogP contribution in [0.3, 0.4) is 0 Å². The molecule has 0 saturated carbocycles. The van der Waals surface area contributed by atoms with Gasteiger partial charge in [-0.05, 0) is 35.6 Å². The molecular formula is C10H12O. The molecule has 0 heterocycles. The van der Waals surface area contributed by atoms with Crippen LogP contribution in [-0.2, 0) is 6.42 Å². The van der Waals surface area contributed by atoms with Crippen LogP contribution in [0.1, 0.15) is 24.0 Å². The smallest absolute Gasteiger partial charge is 0.119 e. The van der Waals surface area contributed by atoms with Crippen molar-refractivity contribution in [3.05, 3.63) is 29.3 Å². The Balaban J connectivity index is 2.40. The third kappa shape index (κ3) is 0.917. The van der Waals surface area contributed by atoms with Gasteiger partial charge in [-0.15, -0.1) is 0 Å². The third-order valence-corrected chi connectivity index (χ3v) is 2.41. The van der Waals surface area contributed by atoms with Crippen molar-refractivity contribution in [2.75, 3.05) is 7.11 Å². The molecule has 58 valence electrons. The molecule has 0 aromatic heterocycles. The first-order valence-electron chi connectivity index (χ1n) is 3.98.